The number of esters is 1. The molecule has 1 amide bonds. The number of alkyl carbamates (subject to hydrolysis) is 1. The third-order valence-corrected chi connectivity index (χ3v) is 4.19. The summed E-state index contributed by atoms with van der Waals surface area (Å²) >= 11 is 0. The second-order valence-corrected chi connectivity index (χ2v) is 7.90. The van der Waals surface area contributed by atoms with Crippen molar-refractivity contribution in [2.75, 3.05) is 13.7 Å². The molecule has 11 nitrogen and oxygen atoms in total. The number of ether oxygens (including phenoxy) is 3. The molecule has 0 unspecified atom stereocenters. The molecule has 1 aromatic heterocycles. The number of hydrogen-bond donors (Lipinski definition) is 1. The lowest BCUT2D eigenvalue weighted by Gasteiger charge is -2.22. The van der Waals surface area contributed by atoms with Crippen LogP contribution in [-0.2, 0) is 14.3 Å². The number of nitro benzene ring substituents is 1. The molecule has 1 aliphatic rings. The van der Waals surface area contributed by atoms with E-state index in [4.69, 9.17) is 13.9 Å². The summed E-state index contributed by atoms with van der Waals surface area (Å²) in [6, 6.07) is 1.37. The van der Waals surface area contributed by atoms with Crippen molar-refractivity contribution < 1.29 is 33.1 Å². The van der Waals surface area contributed by atoms with E-state index in [0.29, 0.717) is 17.0 Å². The van der Waals surface area contributed by atoms with Gasteiger partial charge in [0.2, 0.25) is 5.75 Å². The zero-order valence-electron chi connectivity index (χ0n) is 17.1. The fourth-order valence-electron chi connectivity index (χ4n) is 2.66. The molecule has 162 valence electrons. The average molecular weight is 421 g/mol. The number of nitrogens with one attached hydrogen (secondary N) is 1. The molecule has 1 aromatic carbocycles. The number of amides is 1. The summed E-state index contributed by atoms with van der Waals surface area (Å²) in [5.74, 6) is -0.135. The lowest BCUT2D eigenvalue weighted by Crippen LogP contribution is -2.47. The Morgan fingerprint density at radius 1 is 1.37 bits per heavy atom. The summed E-state index contributed by atoms with van der Waals surface area (Å²) in [6.45, 7) is 4.59. The minimum Gasteiger partial charge on any atom is -0.484 e. The smallest absolute Gasteiger partial charge is 0.408 e. The second-order valence-electron chi connectivity index (χ2n) is 7.90. The molecule has 1 atom stereocenters. The van der Waals surface area contributed by atoms with Crippen molar-refractivity contribution >= 4 is 28.8 Å². The number of rotatable bonds is 7. The Bertz CT molecular complexity index is 974. The highest BCUT2D eigenvalue weighted by Crippen LogP contribution is 2.42. The number of nitrogens with zero attached hydrogens (tertiary/aromatic N) is 2. The molecule has 1 N–H and O–H groups in total. The van der Waals surface area contributed by atoms with Crippen molar-refractivity contribution in [1.29, 1.82) is 0 Å². The minimum atomic E-state index is -1.24. The first-order valence-electron chi connectivity index (χ1n) is 9.36. The fourth-order valence-corrected chi connectivity index (χ4v) is 2.66. The highest BCUT2D eigenvalue weighted by molar-refractivity contribution is 5.82. The lowest BCUT2D eigenvalue weighted by atomic mass is 10.2. The molecule has 11 heteroatoms. The first-order chi connectivity index (χ1) is 14.1. The van der Waals surface area contributed by atoms with E-state index in [1.807, 2.05) is 0 Å². The van der Waals surface area contributed by atoms with Crippen molar-refractivity contribution in [2.45, 2.75) is 51.2 Å². The molecule has 1 saturated carbocycles. The van der Waals surface area contributed by atoms with Crippen LogP contribution in [0.15, 0.2) is 16.5 Å². The van der Waals surface area contributed by atoms with E-state index in [1.54, 1.807) is 20.8 Å². The SMILES string of the molecule is COC(=O)[C@H](COc1cc2oc(C3CC3)nc2cc1[N+](=O)[O-])NC(=O)OC(C)(C)C. The molecule has 0 aliphatic heterocycles. The summed E-state index contributed by atoms with van der Waals surface area (Å²) in [5.41, 5.74) is -0.417. The number of methoxy groups -OCH3 is 1. The fraction of sp³-hybridized carbons (Fsp3) is 0.526. The summed E-state index contributed by atoms with van der Waals surface area (Å²) < 4.78 is 21.0. The van der Waals surface area contributed by atoms with E-state index in [-0.39, 0.29) is 17.4 Å². The Morgan fingerprint density at radius 3 is 2.63 bits per heavy atom. The van der Waals surface area contributed by atoms with Crippen LogP contribution < -0.4 is 10.1 Å². The predicted octanol–water partition coefficient (Wildman–Crippen LogP) is 3.06. The van der Waals surface area contributed by atoms with Gasteiger partial charge in [0.25, 0.3) is 0 Å². The van der Waals surface area contributed by atoms with Crippen LogP contribution in [-0.4, -0.2) is 47.3 Å². The Balaban J connectivity index is 1.79. The van der Waals surface area contributed by atoms with Crippen LogP contribution in [0.1, 0.15) is 45.4 Å². The van der Waals surface area contributed by atoms with E-state index in [2.05, 4.69) is 15.0 Å². The zero-order chi connectivity index (χ0) is 22.1. The second kappa shape index (κ2) is 8.17. The van der Waals surface area contributed by atoms with Gasteiger partial charge in [-0.1, -0.05) is 0 Å². The number of oxazole rings is 1. The summed E-state index contributed by atoms with van der Waals surface area (Å²) in [7, 11) is 1.15. The molecule has 0 spiro atoms. The van der Waals surface area contributed by atoms with Crippen LogP contribution in [0.5, 0.6) is 5.75 Å². The Hall–Kier alpha value is -3.37. The van der Waals surface area contributed by atoms with Gasteiger partial charge >= 0.3 is 17.7 Å². The number of nitro groups is 1. The Labute approximate surface area is 171 Å². The van der Waals surface area contributed by atoms with E-state index in [9.17, 15) is 19.7 Å². The van der Waals surface area contributed by atoms with E-state index >= 15 is 0 Å². The normalized spacial score (nSPS) is 14.8. The lowest BCUT2D eigenvalue weighted by molar-refractivity contribution is -0.385. The van der Waals surface area contributed by atoms with Crippen molar-refractivity contribution in [3.63, 3.8) is 0 Å². The van der Waals surface area contributed by atoms with Crippen LogP contribution in [0.4, 0.5) is 10.5 Å². The maximum absolute atomic E-state index is 12.0. The quantitative estimate of drug-likeness (QED) is 0.405. The van der Waals surface area contributed by atoms with Crippen molar-refractivity contribution in [1.82, 2.24) is 10.3 Å². The number of hydrogen-bond acceptors (Lipinski definition) is 9. The number of fused-ring (bicyclic) bond motifs is 1. The number of aromatic nitrogens is 1. The van der Waals surface area contributed by atoms with Crippen molar-refractivity contribution in [2.24, 2.45) is 0 Å². The Kier molecular flexibility index (Phi) is 5.81. The monoisotopic (exact) mass is 421 g/mol. The van der Waals surface area contributed by atoms with Gasteiger partial charge in [-0.2, -0.15) is 0 Å². The maximum atomic E-state index is 12.0. The maximum Gasteiger partial charge on any atom is 0.408 e. The van der Waals surface area contributed by atoms with Gasteiger partial charge in [0.1, 0.15) is 17.7 Å². The van der Waals surface area contributed by atoms with Gasteiger partial charge in [0.05, 0.1) is 12.0 Å². The average Bonchev–Trinajstić information content (AvgIpc) is 3.41. The van der Waals surface area contributed by atoms with Gasteiger partial charge in [0, 0.05) is 18.1 Å². The molecule has 1 fully saturated rings. The van der Waals surface area contributed by atoms with Crippen LogP contribution in [0.25, 0.3) is 11.1 Å². The standard InChI is InChI=1S/C19H23N3O8/c1-19(2,3)30-18(24)21-12(17(23)27-4)9-28-15-8-14-11(7-13(15)22(25)26)20-16(29-14)10-5-6-10/h7-8,10,12H,5-6,9H2,1-4H3,(H,21,24)/t12-/m0/s1. The predicted molar refractivity (Wildman–Crippen MR) is 103 cm³/mol. The first-order valence-corrected chi connectivity index (χ1v) is 9.36. The molecule has 30 heavy (non-hydrogen) atoms. The van der Waals surface area contributed by atoms with E-state index < -0.39 is 35.2 Å². The number of benzene rings is 1. The topological polar surface area (TPSA) is 143 Å². The van der Waals surface area contributed by atoms with Crippen LogP contribution >= 0.6 is 0 Å². The molecular weight excluding hydrogens is 398 g/mol. The molecule has 0 bridgehead atoms. The Morgan fingerprint density at radius 2 is 2.07 bits per heavy atom. The van der Waals surface area contributed by atoms with Crippen LogP contribution in [0.2, 0.25) is 0 Å². The molecule has 0 radical (unpaired) electrons. The van der Waals surface area contributed by atoms with Gasteiger partial charge < -0.3 is 23.9 Å². The molecule has 2 aromatic rings. The highest BCUT2D eigenvalue weighted by Gasteiger charge is 2.31. The molecule has 1 aliphatic carbocycles. The van der Waals surface area contributed by atoms with Crippen molar-refractivity contribution in [3.8, 4) is 5.75 Å². The minimum absolute atomic E-state index is 0.120. The first kappa shape index (κ1) is 21.3. The zero-order valence-corrected chi connectivity index (χ0v) is 17.1. The number of carbonyl (C=O) groups excluding carboxylic acids is 2. The van der Waals surface area contributed by atoms with Crippen LogP contribution in [0.3, 0.4) is 0 Å². The summed E-state index contributed by atoms with van der Waals surface area (Å²) in [4.78, 5) is 39.2. The van der Waals surface area contributed by atoms with Gasteiger partial charge in [-0.15, -0.1) is 0 Å². The number of carbonyl (C=O) groups is 2. The molecule has 3 rings (SSSR count). The van der Waals surface area contributed by atoms with E-state index in [0.717, 1.165) is 20.0 Å². The van der Waals surface area contributed by atoms with E-state index in [1.165, 1.54) is 12.1 Å². The van der Waals surface area contributed by atoms with Crippen molar-refractivity contribution in [3.05, 3.63) is 28.1 Å². The van der Waals surface area contributed by atoms with Gasteiger partial charge in [-0.25, -0.2) is 14.6 Å². The summed E-state index contributed by atoms with van der Waals surface area (Å²) in [6.07, 6.45) is 1.08. The molecular formula is C19H23N3O8. The van der Waals surface area contributed by atoms with Gasteiger partial charge in [-0.05, 0) is 33.6 Å². The molecule has 0 saturated heterocycles. The third-order valence-electron chi connectivity index (χ3n) is 4.19. The summed E-state index contributed by atoms with van der Waals surface area (Å²) in [5, 5.41) is 13.8. The van der Waals surface area contributed by atoms with Crippen LogP contribution in [0, 0.1) is 10.1 Å². The van der Waals surface area contributed by atoms with Gasteiger partial charge in [0.15, 0.2) is 17.5 Å². The highest BCUT2D eigenvalue weighted by atomic mass is 16.6. The molecule has 1 heterocycles. The third kappa shape index (κ3) is 5.16. The van der Waals surface area contributed by atoms with Gasteiger partial charge in [-0.3, -0.25) is 10.1 Å². The largest absolute Gasteiger partial charge is 0.484 e.